The van der Waals surface area contributed by atoms with Gasteiger partial charge in [-0.25, -0.2) is 4.98 Å². The van der Waals surface area contributed by atoms with E-state index in [0.717, 1.165) is 23.9 Å². The zero-order valence-corrected chi connectivity index (χ0v) is 11.5. The smallest absolute Gasteiger partial charge is 0.0925 e. The fourth-order valence-corrected chi connectivity index (χ4v) is 2.67. The van der Waals surface area contributed by atoms with E-state index in [4.69, 9.17) is 0 Å². The van der Waals surface area contributed by atoms with Crippen molar-refractivity contribution in [2.45, 2.75) is 32.4 Å². The van der Waals surface area contributed by atoms with Crippen LogP contribution in [0.5, 0.6) is 0 Å². The fraction of sp³-hybridized carbons (Fsp3) is 0.467. The molecule has 1 fully saturated rings. The van der Waals surface area contributed by atoms with Gasteiger partial charge in [0.2, 0.25) is 0 Å². The summed E-state index contributed by atoms with van der Waals surface area (Å²) in [7, 11) is 2.17. The molecule has 4 heteroatoms. The van der Waals surface area contributed by atoms with E-state index < -0.39 is 0 Å². The molecule has 1 atom stereocenters. The van der Waals surface area contributed by atoms with Crippen molar-refractivity contribution >= 4 is 0 Å². The number of rotatable bonds is 5. The van der Waals surface area contributed by atoms with Crippen LogP contribution >= 0.6 is 0 Å². The highest BCUT2D eigenvalue weighted by molar-refractivity contribution is 5.14. The summed E-state index contributed by atoms with van der Waals surface area (Å²) in [5.74, 6) is 0.749. The fourth-order valence-electron chi connectivity index (χ4n) is 2.67. The summed E-state index contributed by atoms with van der Waals surface area (Å²) in [5.41, 5.74) is 3.46. The van der Waals surface area contributed by atoms with Crippen LogP contribution in [0.4, 0.5) is 0 Å². The highest BCUT2D eigenvalue weighted by Gasteiger charge is 2.35. The van der Waals surface area contributed by atoms with E-state index >= 15 is 0 Å². The highest BCUT2D eigenvalue weighted by atomic mass is 15.2. The first-order valence-electron chi connectivity index (χ1n) is 6.85. The van der Waals surface area contributed by atoms with Gasteiger partial charge in [0.15, 0.2) is 0 Å². The van der Waals surface area contributed by atoms with Crippen LogP contribution in [-0.4, -0.2) is 26.9 Å². The summed E-state index contributed by atoms with van der Waals surface area (Å²) < 4.78 is 0. The normalized spacial score (nSPS) is 16.8. The zero-order chi connectivity index (χ0) is 13.2. The third-order valence-electron chi connectivity index (χ3n) is 3.87. The Morgan fingerprint density at radius 2 is 2.21 bits per heavy atom. The van der Waals surface area contributed by atoms with Gasteiger partial charge in [0, 0.05) is 18.4 Å². The van der Waals surface area contributed by atoms with E-state index in [1.54, 1.807) is 6.33 Å². The van der Waals surface area contributed by atoms with Gasteiger partial charge in [-0.2, -0.15) is 0 Å². The lowest BCUT2D eigenvalue weighted by atomic mass is 10.1. The number of hydrogen-bond acceptors (Lipinski definition) is 3. The van der Waals surface area contributed by atoms with Gasteiger partial charge < -0.3 is 4.98 Å². The lowest BCUT2D eigenvalue weighted by Gasteiger charge is -2.27. The van der Waals surface area contributed by atoms with E-state index in [2.05, 4.69) is 46.0 Å². The van der Waals surface area contributed by atoms with Gasteiger partial charge in [-0.3, -0.25) is 9.88 Å². The molecule has 0 saturated heterocycles. The predicted molar refractivity (Wildman–Crippen MR) is 74.5 cm³/mol. The van der Waals surface area contributed by atoms with Crippen molar-refractivity contribution in [2.24, 2.45) is 5.92 Å². The maximum Gasteiger partial charge on any atom is 0.0925 e. The Balaban J connectivity index is 1.79. The average Bonchev–Trinajstić information content (AvgIpc) is 3.16. The largest absolute Gasteiger partial charge is 0.348 e. The minimum absolute atomic E-state index is 0.414. The summed E-state index contributed by atoms with van der Waals surface area (Å²) >= 11 is 0. The summed E-state index contributed by atoms with van der Waals surface area (Å²) in [6.45, 7) is 2.94. The molecule has 2 heterocycles. The van der Waals surface area contributed by atoms with Crippen LogP contribution in [0.1, 0.15) is 36.0 Å². The molecule has 0 radical (unpaired) electrons. The van der Waals surface area contributed by atoms with Crippen LogP contribution in [0.2, 0.25) is 0 Å². The molecule has 0 unspecified atom stereocenters. The van der Waals surface area contributed by atoms with Gasteiger partial charge in [0.25, 0.3) is 0 Å². The number of aromatic nitrogens is 3. The lowest BCUT2D eigenvalue weighted by molar-refractivity contribution is 0.205. The molecule has 100 valence electrons. The van der Waals surface area contributed by atoms with Gasteiger partial charge in [-0.1, -0.05) is 6.07 Å². The molecule has 0 amide bonds. The lowest BCUT2D eigenvalue weighted by Crippen LogP contribution is -2.27. The first-order valence-corrected chi connectivity index (χ1v) is 6.85. The minimum Gasteiger partial charge on any atom is -0.348 e. The molecule has 0 spiro atoms. The van der Waals surface area contributed by atoms with Gasteiger partial charge in [0.1, 0.15) is 0 Å². The van der Waals surface area contributed by atoms with Gasteiger partial charge in [-0.05, 0) is 44.9 Å². The molecule has 3 rings (SSSR count). The third kappa shape index (κ3) is 2.68. The number of H-pyrrole nitrogens is 1. The maximum absolute atomic E-state index is 4.54. The van der Waals surface area contributed by atoms with E-state index in [1.807, 2.05) is 12.3 Å². The highest BCUT2D eigenvalue weighted by Crippen LogP contribution is 2.43. The number of hydrogen-bond donors (Lipinski definition) is 1. The average molecular weight is 256 g/mol. The number of aryl methyl sites for hydroxylation is 1. The molecular weight excluding hydrogens is 236 g/mol. The van der Waals surface area contributed by atoms with Gasteiger partial charge >= 0.3 is 0 Å². The number of pyridine rings is 1. The quantitative estimate of drug-likeness (QED) is 0.894. The van der Waals surface area contributed by atoms with Crippen LogP contribution in [0.15, 0.2) is 30.7 Å². The molecule has 4 nitrogen and oxygen atoms in total. The topological polar surface area (TPSA) is 44.8 Å². The van der Waals surface area contributed by atoms with Crippen molar-refractivity contribution in [3.63, 3.8) is 0 Å². The van der Waals surface area contributed by atoms with Crippen molar-refractivity contribution in [1.82, 2.24) is 19.9 Å². The summed E-state index contributed by atoms with van der Waals surface area (Å²) in [5, 5.41) is 0. The van der Waals surface area contributed by atoms with E-state index in [0.29, 0.717) is 6.04 Å². The molecule has 2 aromatic heterocycles. The zero-order valence-electron chi connectivity index (χ0n) is 11.5. The Morgan fingerprint density at radius 3 is 2.79 bits per heavy atom. The minimum atomic E-state index is 0.414. The Bertz CT molecular complexity index is 530. The second-order valence-electron chi connectivity index (χ2n) is 5.43. The molecule has 1 N–H and O–H groups in total. The van der Waals surface area contributed by atoms with Crippen molar-refractivity contribution < 1.29 is 0 Å². The SMILES string of the molecule is Cc1[nH]cnc1CN(C)[C@@H](c1ccccn1)C1CC1. The summed E-state index contributed by atoms with van der Waals surface area (Å²) in [6, 6.07) is 6.60. The molecule has 0 aromatic carbocycles. The van der Waals surface area contributed by atoms with Crippen LogP contribution in [0.25, 0.3) is 0 Å². The molecule has 0 aliphatic heterocycles. The summed E-state index contributed by atoms with van der Waals surface area (Å²) in [4.78, 5) is 14.5. The molecule has 1 saturated carbocycles. The third-order valence-corrected chi connectivity index (χ3v) is 3.87. The molecule has 1 aliphatic carbocycles. The second kappa shape index (κ2) is 5.13. The number of imidazole rings is 1. The van der Waals surface area contributed by atoms with E-state index in [9.17, 15) is 0 Å². The first-order chi connectivity index (χ1) is 9.25. The Kier molecular flexibility index (Phi) is 3.34. The van der Waals surface area contributed by atoms with Crippen molar-refractivity contribution in [2.75, 3.05) is 7.05 Å². The summed E-state index contributed by atoms with van der Waals surface area (Å²) in [6.07, 6.45) is 6.28. The van der Waals surface area contributed by atoms with Crippen LogP contribution in [-0.2, 0) is 6.54 Å². The van der Waals surface area contributed by atoms with Gasteiger partial charge in [-0.15, -0.1) is 0 Å². The Labute approximate surface area is 113 Å². The Hall–Kier alpha value is -1.68. The molecule has 1 aliphatic rings. The van der Waals surface area contributed by atoms with Crippen LogP contribution in [0.3, 0.4) is 0 Å². The number of nitrogens with one attached hydrogen (secondary N) is 1. The van der Waals surface area contributed by atoms with Gasteiger partial charge in [0.05, 0.1) is 23.8 Å². The first kappa shape index (κ1) is 12.4. The van der Waals surface area contributed by atoms with E-state index in [1.165, 1.54) is 18.5 Å². The van der Waals surface area contributed by atoms with Crippen LogP contribution in [0, 0.1) is 12.8 Å². The molecular formula is C15H20N4. The molecule has 2 aromatic rings. The van der Waals surface area contributed by atoms with Crippen LogP contribution < -0.4 is 0 Å². The van der Waals surface area contributed by atoms with Crippen molar-refractivity contribution in [3.8, 4) is 0 Å². The second-order valence-corrected chi connectivity index (χ2v) is 5.43. The molecule has 19 heavy (non-hydrogen) atoms. The van der Waals surface area contributed by atoms with Crippen molar-refractivity contribution in [3.05, 3.63) is 47.8 Å². The predicted octanol–water partition coefficient (Wildman–Crippen LogP) is 2.70. The molecule has 0 bridgehead atoms. The number of nitrogens with zero attached hydrogens (tertiary/aromatic N) is 3. The van der Waals surface area contributed by atoms with Crippen molar-refractivity contribution in [1.29, 1.82) is 0 Å². The maximum atomic E-state index is 4.54. The Morgan fingerprint density at radius 1 is 1.37 bits per heavy atom. The van der Waals surface area contributed by atoms with E-state index in [-0.39, 0.29) is 0 Å². The number of aromatic amines is 1. The standard InChI is InChI=1S/C15H20N4/c1-11-14(18-10-17-11)9-19(2)15(12-6-7-12)13-5-3-4-8-16-13/h3-5,8,10,12,15H,6-7,9H2,1-2H3,(H,17,18)/t15-/m1/s1. The monoisotopic (exact) mass is 256 g/mol.